The molecule has 1 fully saturated rings. The second-order valence-corrected chi connectivity index (χ2v) is 5.13. The van der Waals surface area contributed by atoms with E-state index in [1.807, 2.05) is 13.0 Å². The standard InChI is InChI=1S/C15H25N3O/c1-3-16-12-14-10-13(2)17-15(11-14)19-9-8-18-6-4-5-7-18/h10-11,16H,3-9,12H2,1-2H3. The highest BCUT2D eigenvalue weighted by Gasteiger charge is 2.11. The molecule has 0 spiro atoms. The van der Waals surface area contributed by atoms with Crippen molar-refractivity contribution in [2.75, 3.05) is 32.8 Å². The molecule has 0 saturated carbocycles. The fourth-order valence-electron chi connectivity index (χ4n) is 2.44. The first-order valence-electron chi connectivity index (χ1n) is 7.31. The van der Waals surface area contributed by atoms with Gasteiger partial charge in [0.25, 0.3) is 0 Å². The number of pyridine rings is 1. The SMILES string of the molecule is CCNCc1cc(C)nc(OCCN2CCCC2)c1. The number of aryl methyl sites for hydroxylation is 1. The third-order valence-electron chi connectivity index (χ3n) is 3.42. The van der Waals surface area contributed by atoms with Crippen molar-refractivity contribution in [3.05, 3.63) is 23.4 Å². The van der Waals surface area contributed by atoms with Crippen LogP contribution in [0.25, 0.3) is 0 Å². The maximum Gasteiger partial charge on any atom is 0.213 e. The average molecular weight is 263 g/mol. The van der Waals surface area contributed by atoms with Crippen LogP contribution in [0.1, 0.15) is 31.0 Å². The maximum atomic E-state index is 5.79. The smallest absolute Gasteiger partial charge is 0.213 e. The summed E-state index contributed by atoms with van der Waals surface area (Å²) in [5.74, 6) is 0.757. The van der Waals surface area contributed by atoms with Gasteiger partial charge >= 0.3 is 0 Å². The van der Waals surface area contributed by atoms with Gasteiger partial charge in [-0.15, -0.1) is 0 Å². The summed E-state index contributed by atoms with van der Waals surface area (Å²) in [5, 5.41) is 3.33. The number of rotatable bonds is 7. The molecule has 0 aliphatic carbocycles. The van der Waals surface area contributed by atoms with E-state index in [4.69, 9.17) is 4.74 Å². The van der Waals surface area contributed by atoms with Crippen LogP contribution in [0.2, 0.25) is 0 Å². The molecule has 1 aromatic heterocycles. The molecule has 4 heteroatoms. The van der Waals surface area contributed by atoms with Crippen LogP contribution in [0.4, 0.5) is 0 Å². The van der Waals surface area contributed by atoms with Crippen LogP contribution in [-0.4, -0.2) is 42.7 Å². The monoisotopic (exact) mass is 263 g/mol. The topological polar surface area (TPSA) is 37.4 Å². The summed E-state index contributed by atoms with van der Waals surface area (Å²) in [6.45, 7) is 10.2. The van der Waals surface area contributed by atoms with E-state index in [-0.39, 0.29) is 0 Å². The first-order chi connectivity index (χ1) is 9.28. The summed E-state index contributed by atoms with van der Waals surface area (Å²) in [6.07, 6.45) is 2.66. The lowest BCUT2D eigenvalue weighted by atomic mass is 10.2. The highest BCUT2D eigenvalue weighted by molar-refractivity contribution is 5.24. The van der Waals surface area contributed by atoms with Gasteiger partial charge < -0.3 is 10.1 Å². The van der Waals surface area contributed by atoms with Crippen LogP contribution in [0.5, 0.6) is 5.88 Å². The number of aromatic nitrogens is 1. The van der Waals surface area contributed by atoms with Crippen LogP contribution in [0.3, 0.4) is 0 Å². The lowest BCUT2D eigenvalue weighted by Gasteiger charge is -2.15. The minimum absolute atomic E-state index is 0.733. The Kier molecular flexibility index (Phi) is 5.61. The number of nitrogens with zero attached hydrogens (tertiary/aromatic N) is 2. The fraction of sp³-hybridized carbons (Fsp3) is 0.667. The van der Waals surface area contributed by atoms with Crippen molar-refractivity contribution in [2.45, 2.75) is 33.2 Å². The predicted molar refractivity (Wildman–Crippen MR) is 77.5 cm³/mol. The molecular weight excluding hydrogens is 238 g/mol. The van der Waals surface area contributed by atoms with Gasteiger partial charge in [0.1, 0.15) is 6.61 Å². The van der Waals surface area contributed by atoms with Gasteiger partial charge in [0, 0.05) is 24.8 Å². The minimum atomic E-state index is 0.733. The van der Waals surface area contributed by atoms with Gasteiger partial charge in [-0.1, -0.05) is 6.92 Å². The van der Waals surface area contributed by atoms with Crippen LogP contribution >= 0.6 is 0 Å². The lowest BCUT2D eigenvalue weighted by molar-refractivity contribution is 0.231. The second-order valence-electron chi connectivity index (χ2n) is 5.13. The minimum Gasteiger partial charge on any atom is -0.476 e. The molecule has 0 atom stereocenters. The zero-order valence-corrected chi connectivity index (χ0v) is 12.1. The van der Waals surface area contributed by atoms with Crippen molar-refractivity contribution in [1.29, 1.82) is 0 Å². The molecular formula is C15H25N3O. The van der Waals surface area contributed by atoms with Crippen molar-refractivity contribution in [3.8, 4) is 5.88 Å². The lowest BCUT2D eigenvalue weighted by Crippen LogP contribution is -2.25. The van der Waals surface area contributed by atoms with E-state index >= 15 is 0 Å². The quantitative estimate of drug-likeness (QED) is 0.816. The molecule has 1 aromatic rings. The van der Waals surface area contributed by atoms with E-state index in [2.05, 4.69) is 28.2 Å². The Morgan fingerprint density at radius 3 is 2.84 bits per heavy atom. The third-order valence-corrected chi connectivity index (χ3v) is 3.42. The molecule has 4 nitrogen and oxygen atoms in total. The van der Waals surface area contributed by atoms with Crippen molar-refractivity contribution in [1.82, 2.24) is 15.2 Å². The number of ether oxygens (including phenoxy) is 1. The third kappa shape index (κ3) is 4.80. The molecule has 0 unspecified atom stereocenters. The molecule has 0 amide bonds. The zero-order chi connectivity index (χ0) is 13.5. The van der Waals surface area contributed by atoms with Crippen LogP contribution < -0.4 is 10.1 Å². The first-order valence-corrected chi connectivity index (χ1v) is 7.31. The number of hydrogen-bond acceptors (Lipinski definition) is 4. The van der Waals surface area contributed by atoms with E-state index in [0.717, 1.165) is 37.8 Å². The zero-order valence-electron chi connectivity index (χ0n) is 12.1. The fourth-order valence-corrected chi connectivity index (χ4v) is 2.44. The summed E-state index contributed by atoms with van der Waals surface area (Å²) in [5.41, 5.74) is 2.26. The molecule has 106 valence electrons. The summed E-state index contributed by atoms with van der Waals surface area (Å²) >= 11 is 0. The van der Waals surface area contributed by atoms with Crippen LogP contribution in [0.15, 0.2) is 12.1 Å². The Hall–Kier alpha value is -1.13. The van der Waals surface area contributed by atoms with Gasteiger partial charge in [-0.2, -0.15) is 0 Å². The van der Waals surface area contributed by atoms with E-state index in [0.29, 0.717) is 0 Å². The Labute approximate surface area is 116 Å². The van der Waals surface area contributed by atoms with Gasteiger partial charge in [-0.25, -0.2) is 4.98 Å². The summed E-state index contributed by atoms with van der Waals surface area (Å²) in [4.78, 5) is 6.89. The molecule has 2 heterocycles. The molecule has 0 aromatic carbocycles. The Morgan fingerprint density at radius 1 is 1.32 bits per heavy atom. The number of hydrogen-bond donors (Lipinski definition) is 1. The van der Waals surface area contributed by atoms with Gasteiger partial charge in [0.15, 0.2) is 0 Å². The summed E-state index contributed by atoms with van der Waals surface area (Å²) in [6, 6.07) is 4.15. The normalized spacial score (nSPS) is 15.9. The van der Waals surface area contributed by atoms with E-state index in [1.165, 1.54) is 31.5 Å². The van der Waals surface area contributed by atoms with Crippen LogP contribution in [0, 0.1) is 6.92 Å². The van der Waals surface area contributed by atoms with E-state index in [1.54, 1.807) is 0 Å². The second kappa shape index (κ2) is 7.46. The molecule has 1 aliphatic rings. The van der Waals surface area contributed by atoms with Gasteiger partial charge in [0.2, 0.25) is 5.88 Å². The van der Waals surface area contributed by atoms with Crippen molar-refractivity contribution in [3.63, 3.8) is 0 Å². The Balaban J connectivity index is 1.82. The highest BCUT2D eigenvalue weighted by Crippen LogP contribution is 2.13. The average Bonchev–Trinajstić information content (AvgIpc) is 2.89. The molecule has 19 heavy (non-hydrogen) atoms. The molecule has 0 bridgehead atoms. The van der Waals surface area contributed by atoms with Crippen molar-refractivity contribution in [2.24, 2.45) is 0 Å². The molecule has 1 N–H and O–H groups in total. The first kappa shape index (κ1) is 14.3. The van der Waals surface area contributed by atoms with E-state index in [9.17, 15) is 0 Å². The Morgan fingerprint density at radius 2 is 2.11 bits per heavy atom. The predicted octanol–water partition coefficient (Wildman–Crippen LogP) is 1.97. The Bertz CT molecular complexity index is 389. The number of nitrogens with one attached hydrogen (secondary N) is 1. The highest BCUT2D eigenvalue weighted by atomic mass is 16.5. The molecule has 1 saturated heterocycles. The van der Waals surface area contributed by atoms with Gasteiger partial charge in [-0.05, 0) is 51.0 Å². The molecule has 2 rings (SSSR count). The summed E-state index contributed by atoms with van der Waals surface area (Å²) < 4.78 is 5.79. The van der Waals surface area contributed by atoms with Crippen molar-refractivity contribution < 1.29 is 4.74 Å². The largest absolute Gasteiger partial charge is 0.476 e. The number of likely N-dealkylation sites (tertiary alicyclic amines) is 1. The van der Waals surface area contributed by atoms with Crippen LogP contribution in [-0.2, 0) is 6.54 Å². The van der Waals surface area contributed by atoms with Gasteiger partial charge in [-0.3, -0.25) is 4.90 Å². The molecule has 0 radical (unpaired) electrons. The molecule has 1 aliphatic heterocycles. The van der Waals surface area contributed by atoms with Crippen molar-refractivity contribution >= 4 is 0 Å². The summed E-state index contributed by atoms with van der Waals surface area (Å²) in [7, 11) is 0. The van der Waals surface area contributed by atoms with E-state index < -0.39 is 0 Å². The maximum absolute atomic E-state index is 5.79. The van der Waals surface area contributed by atoms with Gasteiger partial charge in [0.05, 0.1) is 0 Å².